The molecule has 1 atom stereocenters. The molecule has 0 saturated carbocycles. The number of benzene rings is 2. The van der Waals surface area contributed by atoms with Crippen molar-refractivity contribution in [1.82, 2.24) is 9.62 Å². The first-order valence-corrected chi connectivity index (χ1v) is 12.5. The van der Waals surface area contributed by atoms with Crippen molar-refractivity contribution in [3.8, 4) is 17.2 Å². The van der Waals surface area contributed by atoms with E-state index >= 15 is 0 Å². The number of amides is 1. The van der Waals surface area contributed by atoms with Gasteiger partial charge in [-0.3, -0.25) is 4.79 Å². The minimum absolute atomic E-state index is 0.0794. The topological polar surface area (TPSA) is 94.2 Å². The van der Waals surface area contributed by atoms with Crippen molar-refractivity contribution in [3.05, 3.63) is 47.0 Å². The molecule has 2 aromatic carbocycles. The van der Waals surface area contributed by atoms with Gasteiger partial charge in [-0.05, 0) is 50.1 Å². The molecule has 8 nitrogen and oxygen atoms in total. The third-order valence-electron chi connectivity index (χ3n) is 5.57. The fourth-order valence-electron chi connectivity index (χ4n) is 3.86. The summed E-state index contributed by atoms with van der Waals surface area (Å²) in [4.78, 5) is 13.0. The van der Waals surface area contributed by atoms with Gasteiger partial charge in [-0.15, -0.1) is 0 Å². The second kappa shape index (κ2) is 11.1. The van der Waals surface area contributed by atoms with Crippen molar-refractivity contribution in [2.45, 2.75) is 31.2 Å². The van der Waals surface area contributed by atoms with Crippen molar-refractivity contribution in [3.63, 3.8) is 0 Å². The SMILES string of the molecule is CCOc1ccc(S(=O)(=O)N2CCC[C@@H](C(=O)NCc3c(OC)cccc3OC)C2)cc1Cl. The van der Waals surface area contributed by atoms with Crippen molar-refractivity contribution >= 4 is 27.5 Å². The van der Waals surface area contributed by atoms with Crippen LogP contribution < -0.4 is 19.5 Å². The van der Waals surface area contributed by atoms with E-state index in [0.29, 0.717) is 43.2 Å². The van der Waals surface area contributed by atoms with E-state index in [0.717, 1.165) is 5.56 Å². The number of rotatable bonds is 9. The first-order valence-electron chi connectivity index (χ1n) is 10.7. The number of hydrogen-bond donors (Lipinski definition) is 1. The zero-order chi connectivity index (χ0) is 24.0. The number of carbonyl (C=O) groups excluding carboxylic acids is 1. The van der Waals surface area contributed by atoms with Crippen LogP contribution in [0.5, 0.6) is 17.2 Å². The Hall–Kier alpha value is -2.49. The number of halogens is 1. The lowest BCUT2D eigenvalue weighted by Gasteiger charge is -2.31. The highest BCUT2D eigenvalue weighted by Crippen LogP contribution is 2.31. The normalized spacial score (nSPS) is 16.8. The molecule has 10 heteroatoms. The van der Waals surface area contributed by atoms with Gasteiger partial charge in [0.25, 0.3) is 0 Å². The van der Waals surface area contributed by atoms with Gasteiger partial charge in [0.15, 0.2) is 0 Å². The van der Waals surface area contributed by atoms with Crippen LogP contribution in [0.1, 0.15) is 25.3 Å². The van der Waals surface area contributed by atoms with Crippen LogP contribution in [0.3, 0.4) is 0 Å². The number of ether oxygens (including phenoxy) is 3. The van der Waals surface area contributed by atoms with Crippen molar-refractivity contribution in [2.24, 2.45) is 5.92 Å². The smallest absolute Gasteiger partial charge is 0.243 e. The van der Waals surface area contributed by atoms with Gasteiger partial charge in [0, 0.05) is 13.1 Å². The van der Waals surface area contributed by atoms with Gasteiger partial charge in [-0.1, -0.05) is 17.7 Å². The Morgan fingerprint density at radius 2 is 1.85 bits per heavy atom. The predicted molar refractivity (Wildman–Crippen MR) is 125 cm³/mol. The van der Waals surface area contributed by atoms with Crippen LogP contribution in [0.2, 0.25) is 5.02 Å². The van der Waals surface area contributed by atoms with E-state index in [9.17, 15) is 13.2 Å². The predicted octanol–water partition coefficient (Wildman–Crippen LogP) is 3.47. The van der Waals surface area contributed by atoms with E-state index in [2.05, 4.69) is 5.32 Å². The number of carbonyl (C=O) groups is 1. The van der Waals surface area contributed by atoms with Crippen molar-refractivity contribution in [2.75, 3.05) is 33.9 Å². The zero-order valence-corrected chi connectivity index (χ0v) is 20.5. The molecule has 2 aromatic rings. The van der Waals surface area contributed by atoms with E-state index in [4.69, 9.17) is 25.8 Å². The quantitative estimate of drug-likeness (QED) is 0.571. The Labute approximate surface area is 199 Å². The van der Waals surface area contributed by atoms with Gasteiger partial charge in [-0.2, -0.15) is 4.31 Å². The van der Waals surface area contributed by atoms with Gasteiger partial charge < -0.3 is 19.5 Å². The lowest BCUT2D eigenvalue weighted by molar-refractivity contribution is -0.126. The lowest BCUT2D eigenvalue weighted by atomic mass is 9.98. The van der Waals surface area contributed by atoms with E-state index in [1.165, 1.54) is 16.4 Å². The van der Waals surface area contributed by atoms with Gasteiger partial charge in [0.2, 0.25) is 15.9 Å². The van der Waals surface area contributed by atoms with E-state index in [-0.39, 0.29) is 28.9 Å². The summed E-state index contributed by atoms with van der Waals surface area (Å²) in [6, 6.07) is 9.80. The minimum Gasteiger partial charge on any atom is -0.496 e. The van der Waals surface area contributed by atoms with Crippen molar-refractivity contribution < 1.29 is 27.4 Å². The van der Waals surface area contributed by atoms with E-state index < -0.39 is 15.9 Å². The van der Waals surface area contributed by atoms with E-state index in [1.54, 1.807) is 38.5 Å². The van der Waals surface area contributed by atoms with Crippen LogP contribution in [-0.2, 0) is 21.4 Å². The molecule has 0 radical (unpaired) electrons. The summed E-state index contributed by atoms with van der Waals surface area (Å²) in [5.41, 5.74) is 0.722. The van der Waals surface area contributed by atoms with Crippen LogP contribution >= 0.6 is 11.6 Å². The molecular weight excluding hydrogens is 468 g/mol. The maximum absolute atomic E-state index is 13.2. The Kier molecular flexibility index (Phi) is 8.45. The molecule has 0 bridgehead atoms. The molecule has 0 unspecified atom stereocenters. The first-order chi connectivity index (χ1) is 15.8. The van der Waals surface area contributed by atoms with Crippen LogP contribution in [0, 0.1) is 5.92 Å². The number of piperidine rings is 1. The van der Waals surface area contributed by atoms with Crippen LogP contribution in [-0.4, -0.2) is 52.5 Å². The molecule has 1 aliphatic rings. The third kappa shape index (κ3) is 5.72. The molecule has 1 heterocycles. The summed E-state index contributed by atoms with van der Waals surface area (Å²) in [6.45, 7) is 2.91. The number of nitrogens with one attached hydrogen (secondary N) is 1. The Bertz CT molecular complexity index is 1070. The molecule has 1 fully saturated rings. The number of sulfonamides is 1. The first kappa shape index (κ1) is 25.1. The molecule has 1 aliphatic heterocycles. The molecule has 0 aromatic heterocycles. The fraction of sp³-hybridized carbons (Fsp3) is 0.435. The third-order valence-corrected chi connectivity index (χ3v) is 7.72. The van der Waals surface area contributed by atoms with Gasteiger partial charge in [0.05, 0.1) is 48.8 Å². The zero-order valence-electron chi connectivity index (χ0n) is 19.0. The van der Waals surface area contributed by atoms with E-state index in [1.807, 2.05) is 6.92 Å². The van der Waals surface area contributed by atoms with Gasteiger partial charge in [-0.25, -0.2) is 8.42 Å². The average molecular weight is 497 g/mol. The standard InChI is InChI=1S/C23H29ClN2O6S/c1-4-32-22-11-10-17(13-19(22)24)33(28,29)26-12-6-7-16(15-26)23(27)25-14-18-20(30-2)8-5-9-21(18)31-3/h5,8-11,13,16H,4,6-7,12,14-15H2,1-3H3,(H,25,27)/t16-/m1/s1. The molecule has 33 heavy (non-hydrogen) atoms. The van der Waals surface area contributed by atoms with Crippen molar-refractivity contribution in [1.29, 1.82) is 0 Å². The molecule has 1 saturated heterocycles. The van der Waals surface area contributed by atoms with Gasteiger partial charge in [0.1, 0.15) is 17.2 Å². The molecule has 1 amide bonds. The summed E-state index contributed by atoms with van der Waals surface area (Å²) in [7, 11) is -0.692. The highest BCUT2D eigenvalue weighted by atomic mass is 35.5. The molecule has 0 spiro atoms. The highest BCUT2D eigenvalue weighted by molar-refractivity contribution is 7.89. The maximum Gasteiger partial charge on any atom is 0.243 e. The Morgan fingerprint density at radius 3 is 2.45 bits per heavy atom. The summed E-state index contributed by atoms with van der Waals surface area (Å²) in [5.74, 6) is 0.963. The highest BCUT2D eigenvalue weighted by Gasteiger charge is 2.33. The molecule has 0 aliphatic carbocycles. The maximum atomic E-state index is 13.2. The number of hydrogen-bond acceptors (Lipinski definition) is 6. The summed E-state index contributed by atoms with van der Waals surface area (Å²) in [6.07, 6.45) is 1.19. The Balaban J connectivity index is 1.70. The second-order valence-corrected chi connectivity index (χ2v) is 9.93. The summed E-state index contributed by atoms with van der Waals surface area (Å²) in [5, 5.41) is 3.13. The Morgan fingerprint density at radius 1 is 1.15 bits per heavy atom. The number of nitrogens with zero attached hydrogens (tertiary/aromatic N) is 1. The number of methoxy groups -OCH3 is 2. The monoisotopic (exact) mass is 496 g/mol. The molecule has 1 N–H and O–H groups in total. The molecule has 180 valence electrons. The second-order valence-electron chi connectivity index (χ2n) is 7.59. The van der Waals surface area contributed by atoms with Crippen LogP contribution in [0.4, 0.5) is 0 Å². The average Bonchev–Trinajstić information content (AvgIpc) is 2.83. The summed E-state index contributed by atoms with van der Waals surface area (Å²) < 4.78 is 43.8. The van der Waals surface area contributed by atoms with Gasteiger partial charge >= 0.3 is 0 Å². The molecular formula is C23H29ClN2O6S. The fourth-order valence-corrected chi connectivity index (χ4v) is 5.71. The lowest BCUT2D eigenvalue weighted by Crippen LogP contribution is -2.45. The van der Waals surface area contributed by atoms with Crippen LogP contribution in [0.15, 0.2) is 41.3 Å². The minimum atomic E-state index is -3.80. The van der Waals surface area contributed by atoms with Crippen LogP contribution in [0.25, 0.3) is 0 Å². The largest absolute Gasteiger partial charge is 0.496 e. The summed E-state index contributed by atoms with van der Waals surface area (Å²) >= 11 is 6.19. The molecule has 3 rings (SSSR count).